The van der Waals surface area contributed by atoms with E-state index in [1.165, 1.54) is 0 Å². The molecule has 1 rings (SSSR count). The lowest BCUT2D eigenvalue weighted by molar-refractivity contribution is -0.208. The molecule has 0 aromatic rings. The molecule has 4 nitrogen and oxygen atoms in total. The summed E-state index contributed by atoms with van der Waals surface area (Å²) < 4.78 is 4.90. The third kappa shape index (κ3) is 1.70. The highest BCUT2D eigenvalue weighted by molar-refractivity contribution is 4.84. The van der Waals surface area contributed by atoms with E-state index >= 15 is 0 Å². The van der Waals surface area contributed by atoms with Crippen LogP contribution >= 0.6 is 0 Å². The van der Waals surface area contributed by atoms with Gasteiger partial charge in [-0.25, -0.2) is 0 Å². The number of nitrogens with one attached hydrogen (secondary N) is 1. The summed E-state index contributed by atoms with van der Waals surface area (Å²) in [6, 6.07) is -0.0706. The molecule has 4 heteroatoms. The van der Waals surface area contributed by atoms with Crippen molar-refractivity contribution in [3.05, 3.63) is 0 Å². The number of aliphatic hydroxyl groups excluding tert-OH is 2. The van der Waals surface area contributed by atoms with Crippen LogP contribution in [-0.4, -0.2) is 42.3 Å². The van der Waals surface area contributed by atoms with Crippen LogP contribution < -0.4 is 5.32 Å². The topological polar surface area (TPSA) is 61.7 Å². The molecule has 1 heterocycles. The first-order valence-electron chi connectivity index (χ1n) is 3.82. The number of ether oxygens (including phenoxy) is 1. The van der Waals surface area contributed by atoms with Crippen molar-refractivity contribution in [2.24, 2.45) is 5.92 Å². The van der Waals surface area contributed by atoms with E-state index in [2.05, 4.69) is 5.32 Å². The average Bonchev–Trinajstić information content (AvgIpc) is 1.99. The van der Waals surface area contributed by atoms with Crippen molar-refractivity contribution in [3.63, 3.8) is 0 Å². The van der Waals surface area contributed by atoms with Crippen LogP contribution in [0.1, 0.15) is 6.92 Å². The molecular formula is C7H15NO3. The van der Waals surface area contributed by atoms with E-state index < -0.39 is 12.4 Å². The highest BCUT2D eigenvalue weighted by Gasteiger charge is 2.34. The van der Waals surface area contributed by atoms with Crippen molar-refractivity contribution >= 4 is 0 Å². The van der Waals surface area contributed by atoms with Gasteiger partial charge in [0.2, 0.25) is 0 Å². The Morgan fingerprint density at radius 1 is 1.45 bits per heavy atom. The SMILES string of the molecule is CN[C@@H]1[C@@H](O)[C@@H](O)OC[C@H]1C. The Kier molecular flexibility index (Phi) is 2.84. The van der Waals surface area contributed by atoms with Gasteiger partial charge in [-0.05, 0) is 13.0 Å². The average molecular weight is 161 g/mol. The lowest BCUT2D eigenvalue weighted by Crippen LogP contribution is -2.54. The van der Waals surface area contributed by atoms with Gasteiger partial charge in [-0.15, -0.1) is 0 Å². The third-order valence-corrected chi connectivity index (χ3v) is 2.14. The van der Waals surface area contributed by atoms with Crippen molar-refractivity contribution in [2.75, 3.05) is 13.7 Å². The minimum Gasteiger partial charge on any atom is -0.386 e. The van der Waals surface area contributed by atoms with Gasteiger partial charge in [-0.2, -0.15) is 0 Å². The Labute approximate surface area is 66.2 Å². The fourth-order valence-electron chi connectivity index (χ4n) is 1.42. The molecule has 0 bridgehead atoms. The maximum Gasteiger partial charge on any atom is 0.182 e. The first-order chi connectivity index (χ1) is 5.16. The summed E-state index contributed by atoms with van der Waals surface area (Å²) in [6.45, 7) is 2.46. The molecule has 0 amide bonds. The number of hydrogen-bond acceptors (Lipinski definition) is 4. The minimum atomic E-state index is -1.04. The minimum absolute atomic E-state index is 0.0706. The van der Waals surface area contributed by atoms with Gasteiger partial charge >= 0.3 is 0 Å². The normalized spacial score (nSPS) is 45.8. The van der Waals surface area contributed by atoms with E-state index in [9.17, 15) is 5.11 Å². The summed E-state index contributed by atoms with van der Waals surface area (Å²) in [5.41, 5.74) is 0. The Morgan fingerprint density at radius 3 is 2.55 bits per heavy atom. The van der Waals surface area contributed by atoms with Gasteiger partial charge in [-0.3, -0.25) is 0 Å². The highest BCUT2D eigenvalue weighted by Crippen LogP contribution is 2.17. The summed E-state index contributed by atoms with van der Waals surface area (Å²) in [6.07, 6.45) is -1.85. The number of hydrogen-bond donors (Lipinski definition) is 3. The van der Waals surface area contributed by atoms with E-state index in [-0.39, 0.29) is 12.0 Å². The third-order valence-electron chi connectivity index (χ3n) is 2.14. The Morgan fingerprint density at radius 2 is 2.09 bits per heavy atom. The van der Waals surface area contributed by atoms with Gasteiger partial charge in [0.1, 0.15) is 6.10 Å². The van der Waals surface area contributed by atoms with Crippen LogP contribution in [0.4, 0.5) is 0 Å². The van der Waals surface area contributed by atoms with Crippen LogP contribution in [0, 0.1) is 5.92 Å². The standard InChI is InChI=1S/C7H15NO3/c1-4-3-11-7(10)6(9)5(4)8-2/h4-10H,3H2,1-2H3/t4-,5+,6-,7+/m1/s1. The van der Waals surface area contributed by atoms with Gasteiger partial charge in [0, 0.05) is 6.04 Å². The van der Waals surface area contributed by atoms with Crippen LogP contribution in [0.5, 0.6) is 0 Å². The van der Waals surface area contributed by atoms with Crippen LogP contribution in [0.2, 0.25) is 0 Å². The smallest absolute Gasteiger partial charge is 0.182 e. The summed E-state index contributed by atoms with van der Waals surface area (Å²) >= 11 is 0. The molecule has 0 saturated carbocycles. The predicted molar refractivity (Wildman–Crippen MR) is 40.0 cm³/mol. The Balaban J connectivity index is 2.55. The van der Waals surface area contributed by atoms with Crippen molar-refractivity contribution in [2.45, 2.75) is 25.4 Å². The summed E-state index contributed by atoms with van der Waals surface area (Å²) in [5, 5.41) is 21.4. The van der Waals surface area contributed by atoms with Crippen molar-refractivity contribution in [1.29, 1.82) is 0 Å². The number of likely N-dealkylation sites (N-methyl/N-ethyl adjacent to an activating group) is 1. The van der Waals surface area contributed by atoms with Crippen LogP contribution in [0.25, 0.3) is 0 Å². The molecule has 0 aliphatic carbocycles. The first-order valence-corrected chi connectivity index (χ1v) is 3.82. The van der Waals surface area contributed by atoms with Crippen LogP contribution in [-0.2, 0) is 4.74 Å². The molecule has 0 radical (unpaired) electrons. The fraction of sp³-hybridized carbons (Fsp3) is 1.00. The zero-order chi connectivity index (χ0) is 8.43. The molecule has 4 atom stereocenters. The zero-order valence-corrected chi connectivity index (χ0v) is 6.82. The van der Waals surface area contributed by atoms with Gasteiger partial charge in [0.05, 0.1) is 6.61 Å². The largest absolute Gasteiger partial charge is 0.386 e. The second-order valence-corrected chi connectivity index (χ2v) is 3.01. The molecule has 0 aromatic heterocycles. The van der Waals surface area contributed by atoms with E-state index in [0.29, 0.717) is 6.61 Å². The Bertz CT molecular complexity index is 131. The van der Waals surface area contributed by atoms with Crippen molar-refractivity contribution in [1.82, 2.24) is 5.32 Å². The monoisotopic (exact) mass is 161 g/mol. The fourth-order valence-corrected chi connectivity index (χ4v) is 1.42. The molecular weight excluding hydrogens is 146 g/mol. The number of aliphatic hydroxyl groups is 2. The molecule has 3 N–H and O–H groups in total. The molecule has 1 saturated heterocycles. The van der Waals surface area contributed by atoms with E-state index in [4.69, 9.17) is 9.84 Å². The molecule has 1 aliphatic heterocycles. The van der Waals surface area contributed by atoms with Gasteiger partial charge in [0.25, 0.3) is 0 Å². The summed E-state index contributed by atoms with van der Waals surface area (Å²) in [4.78, 5) is 0. The molecule has 11 heavy (non-hydrogen) atoms. The predicted octanol–water partition coefficient (Wildman–Crippen LogP) is -1.08. The second-order valence-electron chi connectivity index (χ2n) is 3.01. The second kappa shape index (κ2) is 3.49. The molecule has 66 valence electrons. The molecule has 0 spiro atoms. The quantitative estimate of drug-likeness (QED) is 0.458. The Hall–Kier alpha value is -0.160. The zero-order valence-electron chi connectivity index (χ0n) is 6.82. The molecule has 1 fully saturated rings. The van der Waals surface area contributed by atoms with Gasteiger partial charge < -0.3 is 20.3 Å². The van der Waals surface area contributed by atoms with Crippen LogP contribution in [0.3, 0.4) is 0 Å². The maximum absolute atomic E-state index is 9.37. The van der Waals surface area contributed by atoms with Gasteiger partial charge in [-0.1, -0.05) is 6.92 Å². The van der Waals surface area contributed by atoms with Crippen LogP contribution in [0.15, 0.2) is 0 Å². The van der Waals surface area contributed by atoms with E-state index in [1.807, 2.05) is 6.92 Å². The highest BCUT2D eigenvalue weighted by atomic mass is 16.6. The van der Waals surface area contributed by atoms with E-state index in [0.717, 1.165) is 0 Å². The summed E-state index contributed by atoms with van der Waals surface area (Å²) in [7, 11) is 1.77. The maximum atomic E-state index is 9.37. The molecule has 1 aliphatic rings. The first kappa shape index (κ1) is 8.93. The lowest BCUT2D eigenvalue weighted by atomic mass is 9.95. The van der Waals surface area contributed by atoms with Crippen molar-refractivity contribution < 1.29 is 14.9 Å². The van der Waals surface area contributed by atoms with Gasteiger partial charge in [0.15, 0.2) is 6.29 Å². The summed E-state index contributed by atoms with van der Waals surface area (Å²) in [5.74, 6) is 0.235. The molecule has 0 unspecified atom stereocenters. The molecule has 0 aromatic carbocycles. The van der Waals surface area contributed by atoms with E-state index in [1.54, 1.807) is 7.05 Å². The lowest BCUT2D eigenvalue weighted by Gasteiger charge is -2.36. The van der Waals surface area contributed by atoms with Crippen molar-refractivity contribution in [3.8, 4) is 0 Å². The number of rotatable bonds is 1.